The lowest BCUT2D eigenvalue weighted by atomic mass is 10.2. The number of aromatic nitrogens is 2. The Morgan fingerprint density at radius 1 is 1.37 bits per heavy atom. The first-order valence-electron chi connectivity index (χ1n) is 5.17. The van der Waals surface area contributed by atoms with Gasteiger partial charge < -0.3 is 4.98 Å². The highest BCUT2D eigenvalue weighted by atomic mass is 35.5. The van der Waals surface area contributed by atoms with Crippen LogP contribution in [0.5, 0.6) is 0 Å². The molecule has 0 aliphatic carbocycles. The zero-order valence-electron chi connectivity index (χ0n) is 9.68. The van der Waals surface area contributed by atoms with Crippen LogP contribution < -0.4 is 0 Å². The van der Waals surface area contributed by atoms with Gasteiger partial charge in [0.2, 0.25) is 0 Å². The van der Waals surface area contributed by atoms with Crippen LogP contribution in [-0.2, 0) is 9.59 Å². The van der Waals surface area contributed by atoms with Crippen molar-refractivity contribution in [3.8, 4) is 0 Å². The molecule has 0 bridgehead atoms. The largest absolute Gasteiger partial charge is 0.337 e. The van der Waals surface area contributed by atoms with Gasteiger partial charge in [-0.2, -0.15) is 8.78 Å². The van der Waals surface area contributed by atoms with Gasteiger partial charge in [0.15, 0.2) is 16.2 Å². The Bertz CT molecular complexity index is 587. The summed E-state index contributed by atoms with van der Waals surface area (Å²) in [5, 5.41) is 0. The lowest BCUT2D eigenvalue weighted by molar-refractivity contribution is -0.0355. The molecule has 0 unspecified atom stereocenters. The maximum atomic E-state index is 13.2. The van der Waals surface area contributed by atoms with Crippen molar-refractivity contribution in [2.45, 2.75) is 9.59 Å². The smallest absolute Gasteiger partial charge is 0.332 e. The molecule has 1 heterocycles. The van der Waals surface area contributed by atoms with E-state index in [1.807, 2.05) is 0 Å². The molecule has 1 N–H and O–H groups in total. The van der Waals surface area contributed by atoms with E-state index < -0.39 is 22.1 Å². The minimum atomic E-state index is -3.63. The minimum Gasteiger partial charge on any atom is -0.337 e. The van der Waals surface area contributed by atoms with E-state index in [0.717, 1.165) is 0 Å². The van der Waals surface area contributed by atoms with Crippen molar-refractivity contribution in [3.63, 3.8) is 0 Å². The number of benzene rings is 1. The average molecular weight is 329 g/mol. The first kappa shape index (κ1) is 14.8. The van der Waals surface area contributed by atoms with Crippen molar-refractivity contribution in [2.24, 2.45) is 0 Å². The molecule has 1 aromatic carbocycles. The number of nitrogens with zero attached hydrogens (tertiary/aromatic N) is 1. The van der Waals surface area contributed by atoms with Crippen molar-refractivity contribution >= 4 is 46.0 Å². The van der Waals surface area contributed by atoms with Gasteiger partial charge in [0.25, 0.3) is 0 Å². The summed E-state index contributed by atoms with van der Waals surface area (Å²) in [5.41, 5.74) is 1.17. The van der Waals surface area contributed by atoms with Gasteiger partial charge in [-0.15, -0.1) is 11.8 Å². The van der Waals surface area contributed by atoms with Crippen molar-refractivity contribution in [2.75, 3.05) is 12.9 Å². The Morgan fingerprint density at radius 2 is 2.05 bits per heavy atom. The number of thioether (sulfide) groups is 1. The van der Waals surface area contributed by atoms with Crippen LogP contribution in [0.15, 0.2) is 18.2 Å². The van der Waals surface area contributed by atoms with Crippen LogP contribution in [0.4, 0.5) is 13.2 Å². The fourth-order valence-electron chi connectivity index (χ4n) is 1.55. The number of hydrogen-bond acceptors (Lipinski definition) is 2. The third-order valence-corrected chi connectivity index (χ3v) is 4.70. The third kappa shape index (κ3) is 2.80. The molecule has 0 fully saturated rings. The van der Waals surface area contributed by atoms with E-state index in [0.29, 0.717) is 16.6 Å². The first-order chi connectivity index (χ1) is 8.80. The van der Waals surface area contributed by atoms with Crippen LogP contribution in [0.25, 0.3) is 11.0 Å². The molecule has 8 heteroatoms. The number of imidazole rings is 1. The zero-order chi connectivity index (χ0) is 14.3. The van der Waals surface area contributed by atoms with Gasteiger partial charge in [0, 0.05) is 5.56 Å². The molecule has 104 valence electrons. The van der Waals surface area contributed by atoms with E-state index in [9.17, 15) is 13.2 Å². The SMILES string of the molecule is CSC(Cl)(Cl)c1ccc2nc(C(F)(F)CF)[nH]c2c1. The van der Waals surface area contributed by atoms with Crippen LogP contribution in [0.1, 0.15) is 11.4 Å². The van der Waals surface area contributed by atoms with Gasteiger partial charge in [-0.25, -0.2) is 9.37 Å². The molecule has 0 saturated heterocycles. The molecular formula is C11H9Cl2F3N2S. The summed E-state index contributed by atoms with van der Waals surface area (Å²) in [6.45, 7) is -1.81. The van der Waals surface area contributed by atoms with E-state index in [4.69, 9.17) is 23.2 Å². The standard InChI is InChI=1S/C11H9Cl2F3N2S/c1-19-11(12,13)6-2-3-7-8(4-6)18-9(17-7)10(15,16)5-14/h2-4H,5H2,1H3,(H,17,18). The number of aromatic amines is 1. The molecule has 0 aliphatic heterocycles. The fraction of sp³-hybridized carbons (Fsp3) is 0.364. The summed E-state index contributed by atoms with van der Waals surface area (Å²) in [4.78, 5) is 6.06. The monoisotopic (exact) mass is 328 g/mol. The second-order valence-electron chi connectivity index (χ2n) is 3.88. The summed E-state index contributed by atoms with van der Waals surface area (Å²) in [5.74, 6) is -4.33. The highest BCUT2D eigenvalue weighted by Gasteiger charge is 2.35. The lowest BCUT2D eigenvalue weighted by Gasteiger charge is -2.16. The van der Waals surface area contributed by atoms with Crippen molar-refractivity contribution in [1.82, 2.24) is 9.97 Å². The fourth-order valence-corrected chi connectivity index (χ4v) is 2.14. The van der Waals surface area contributed by atoms with Crippen molar-refractivity contribution in [1.29, 1.82) is 0 Å². The highest BCUT2D eigenvalue weighted by molar-refractivity contribution is 8.02. The minimum absolute atomic E-state index is 0.303. The van der Waals surface area contributed by atoms with Crippen molar-refractivity contribution < 1.29 is 13.2 Å². The van der Waals surface area contributed by atoms with Crippen LogP contribution in [0.3, 0.4) is 0 Å². The molecule has 0 radical (unpaired) electrons. The number of hydrogen-bond donors (Lipinski definition) is 1. The summed E-state index contributed by atoms with van der Waals surface area (Å²) in [6, 6.07) is 4.63. The first-order valence-corrected chi connectivity index (χ1v) is 7.16. The summed E-state index contributed by atoms with van der Waals surface area (Å²) >= 11 is 13.3. The number of nitrogens with one attached hydrogen (secondary N) is 1. The molecule has 19 heavy (non-hydrogen) atoms. The predicted octanol–water partition coefficient (Wildman–Crippen LogP) is 4.58. The van der Waals surface area contributed by atoms with E-state index >= 15 is 0 Å². The van der Waals surface area contributed by atoms with Crippen LogP contribution in [-0.4, -0.2) is 22.9 Å². The normalized spacial score (nSPS) is 13.2. The van der Waals surface area contributed by atoms with Crippen LogP contribution >= 0.6 is 35.0 Å². The van der Waals surface area contributed by atoms with Crippen LogP contribution in [0.2, 0.25) is 0 Å². The maximum absolute atomic E-state index is 13.2. The molecule has 0 amide bonds. The van der Waals surface area contributed by atoms with E-state index in [1.54, 1.807) is 12.3 Å². The van der Waals surface area contributed by atoms with Crippen LogP contribution in [0, 0.1) is 0 Å². The molecule has 2 aromatic rings. The average Bonchev–Trinajstić information content (AvgIpc) is 2.82. The van der Waals surface area contributed by atoms with Gasteiger partial charge in [-0.05, 0) is 18.4 Å². The Labute approximate surface area is 121 Å². The quantitative estimate of drug-likeness (QED) is 0.832. The highest BCUT2D eigenvalue weighted by Crippen LogP contribution is 2.44. The second kappa shape index (κ2) is 5.07. The Morgan fingerprint density at radius 3 is 2.63 bits per heavy atom. The number of rotatable bonds is 4. The van der Waals surface area contributed by atoms with Gasteiger partial charge in [-0.1, -0.05) is 29.3 Å². The van der Waals surface area contributed by atoms with Crippen molar-refractivity contribution in [3.05, 3.63) is 29.6 Å². The second-order valence-corrected chi connectivity index (χ2v) is 6.67. The molecule has 0 atom stereocenters. The number of fused-ring (bicyclic) bond motifs is 1. The molecule has 2 nitrogen and oxygen atoms in total. The molecule has 0 spiro atoms. The summed E-state index contributed by atoms with van der Waals surface area (Å²) in [6.07, 6.45) is 1.72. The van der Waals surface area contributed by atoms with E-state index in [1.165, 1.54) is 23.9 Å². The Kier molecular flexibility index (Phi) is 3.95. The number of alkyl halides is 5. The zero-order valence-corrected chi connectivity index (χ0v) is 12.0. The molecule has 1 aromatic heterocycles. The number of halogens is 5. The molecule has 0 aliphatic rings. The Balaban J connectivity index is 2.51. The van der Waals surface area contributed by atoms with Gasteiger partial charge in [0.1, 0.15) is 0 Å². The lowest BCUT2D eigenvalue weighted by Crippen LogP contribution is -2.17. The van der Waals surface area contributed by atoms with Gasteiger partial charge >= 0.3 is 5.92 Å². The molecular weight excluding hydrogens is 320 g/mol. The van der Waals surface area contributed by atoms with Gasteiger partial charge in [0.05, 0.1) is 11.0 Å². The third-order valence-electron chi connectivity index (χ3n) is 2.59. The Hall–Kier alpha value is -0.590. The molecule has 0 saturated carbocycles. The summed E-state index contributed by atoms with van der Waals surface area (Å²) in [7, 11) is 0. The number of H-pyrrole nitrogens is 1. The van der Waals surface area contributed by atoms with Gasteiger partial charge in [-0.3, -0.25) is 0 Å². The summed E-state index contributed by atoms with van der Waals surface area (Å²) < 4.78 is 37.5. The maximum Gasteiger partial charge on any atom is 0.332 e. The molecule has 2 rings (SSSR count). The van der Waals surface area contributed by atoms with E-state index in [2.05, 4.69) is 9.97 Å². The van der Waals surface area contributed by atoms with E-state index in [-0.39, 0.29) is 0 Å². The topological polar surface area (TPSA) is 28.7 Å². The predicted molar refractivity (Wildman–Crippen MR) is 72.9 cm³/mol.